The van der Waals surface area contributed by atoms with Crippen LogP contribution in [0.3, 0.4) is 0 Å². The van der Waals surface area contributed by atoms with Gasteiger partial charge in [0.15, 0.2) is 0 Å². The van der Waals surface area contributed by atoms with Crippen LogP contribution in [0.5, 0.6) is 0 Å². The van der Waals surface area contributed by atoms with E-state index in [1.807, 2.05) is 0 Å². The average molecular weight is 243 g/mol. The minimum Gasteiger partial charge on any atom is -0.382 e. The fourth-order valence-corrected chi connectivity index (χ4v) is 2.22. The first-order valence-corrected chi connectivity index (χ1v) is 6.54. The summed E-state index contributed by atoms with van der Waals surface area (Å²) < 4.78 is 10.2. The number of hydrogen-bond acceptors (Lipinski definition) is 3. The number of carbonyl (C=O) groups is 1. The van der Waals surface area contributed by atoms with Crippen molar-refractivity contribution in [3.8, 4) is 0 Å². The molecule has 1 aliphatic rings. The summed E-state index contributed by atoms with van der Waals surface area (Å²) in [6, 6.07) is 0. The Balaban J connectivity index is 2.00. The van der Waals surface area contributed by atoms with E-state index in [2.05, 4.69) is 12.2 Å². The monoisotopic (exact) mass is 243 g/mol. The number of rotatable bonds is 8. The molecule has 17 heavy (non-hydrogen) atoms. The van der Waals surface area contributed by atoms with Crippen LogP contribution in [-0.4, -0.2) is 39.4 Å². The molecule has 1 fully saturated rings. The quantitative estimate of drug-likeness (QED) is 0.661. The molecule has 0 saturated heterocycles. The van der Waals surface area contributed by atoms with Crippen molar-refractivity contribution in [3.63, 3.8) is 0 Å². The van der Waals surface area contributed by atoms with Gasteiger partial charge in [-0.2, -0.15) is 0 Å². The molecule has 4 nitrogen and oxygen atoms in total. The molecular formula is C13H25NO3. The molecule has 1 N–H and O–H groups in total. The second kappa shape index (κ2) is 7.67. The van der Waals surface area contributed by atoms with Gasteiger partial charge in [0, 0.05) is 25.7 Å². The third-order valence-corrected chi connectivity index (χ3v) is 3.44. The van der Waals surface area contributed by atoms with E-state index in [4.69, 9.17) is 9.47 Å². The smallest absolute Gasteiger partial charge is 0.225 e. The third-order valence-electron chi connectivity index (χ3n) is 3.44. The molecule has 0 radical (unpaired) electrons. The molecule has 1 rings (SSSR count). The van der Waals surface area contributed by atoms with E-state index in [1.165, 1.54) is 12.8 Å². The van der Waals surface area contributed by atoms with Crippen LogP contribution in [0.4, 0.5) is 0 Å². The van der Waals surface area contributed by atoms with Crippen LogP contribution in [0.25, 0.3) is 0 Å². The molecule has 0 aliphatic heterocycles. The van der Waals surface area contributed by atoms with Crippen molar-refractivity contribution >= 4 is 5.91 Å². The minimum absolute atomic E-state index is 0.114. The Bertz CT molecular complexity index is 225. The number of ether oxygens (including phenoxy) is 2. The zero-order valence-electron chi connectivity index (χ0n) is 11.1. The Morgan fingerprint density at radius 3 is 2.59 bits per heavy atom. The molecule has 0 spiro atoms. The van der Waals surface area contributed by atoms with Gasteiger partial charge in [0.05, 0.1) is 13.2 Å². The van der Waals surface area contributed by atoms with Crippen LogP contribution in [-0.2, 0) is 14.3 Å². The molecule has 0 aromatic rings. The summed E-state index contributed by atoms with van der Waals surface area (Å²) in [5.74, 6) is 0.215. The van der Waals surface area contributed by atoms with Crippen molar-refractivity contribution in [1.82, 2.24) is 5.32 Å². The zero-order valence-corrected chi connectivity index (χ0v) is 11.1. The summed E-state index contributed by atoms with van der Waals surface area (Å²) in [5, 5.41) is 3.01. The van der Waals surface area contributed by atoms with Crippen LogP contribution in [0.1, 0.15) is 39.0 Å². The van der Waals surface area contributed by atoms with Gasteiger partial charge in [-0.25, -0.2) is 0 Å². The molecule has 1 saturated carbocycles. The van der Waals surface area contributed by atoms with E-state index in [1.54, 1.807) is 7.11 Å². The third kappa shape index (κ3) is 5.04. The summed E-state index contributed by atoms with van der Waals surface area (Å²) in [4.78, 5) is 11.9. The van der Waals surface area contributed by atoms with Crippen molar-refractivity contribution in [2.75, 3.05) is 33.5 Å². The van der Waals surface area contributed by atoms with Crippen molar-refractivity contribution in [1.29, 1.82) is 0 Å². The van der Waals surface area contributed by atoms with Crippen LogP contribution in [0.2, 0.25) is 0 Å². The lowest BCUT2D eigenvalue weighted by atomic mass is 9.88. The molecule has 0 unspecified atom stereocenters. The fourth-order valence-electron chi connectivity index (χ4n) is 2.22. The van der Waals surface area contributed by atoms with Gasteiger partial charge in [0.25, 0.3) is 0 Å². The number of methoxy groups -OCH3 is 1. The Labute approximate surface area is 104 Å². The second-order valence-electron chi connectivity index (χ2n) is 4.98. The Morgan fingerprint density at radius 1 is 1.24 bits per heavy atom. The predicted octanol–water partition coefficient (Wildman–Crippen LogP) is 1.74. The molecule has 0 heterocycles. The SMILES string of the molecule is COCCOCCCNC(=O)C1(C)CCCC1. The molecule has 0 aromatic carbocycles. The predicted molar refractivity (Wildman–Crippen MR) is 66.9 cm³/mol. The summed E-state index contributed by atoms with van der Waals surface area (Å²) >= 11 is 0. The number of nitrogens with one attached hydrogen (secondary N) is 1. The van der Waals surface area contributed by atoms with E-state index < -0.39 is 0 Å². The lowest BCUT2D eigenvalue weighted by molar-refractivity contribution is -0.129. The maximum absolute atomic E-state index is 11.9. The van der Waals surface area contributed by atoms with E-state index in [0.717, 1.165) is 19.3 Å². The fraction of sp³-hybridized carbons (Fsp3) is 0.923. The highest BCUT2D eigenvalue weighted by Gasteiger charge is 2.35. The van der Waals surface area contributed by atoms with E-state index in [0.29, 0.717) is 26.4 Å². The molecule has 1 amide bonds. The van der Waals surface area contributed by atoms with Crippen molar-refractivity contribution in [3.05, 3.63) is 0 Å². The van der Waals surface area contributed by atoms with Gasteiger partial charge in [0.1, 0.15) is 0 Å². The second-order valence-corrected chi connectivity index (χ2v) is 4.98. The Hall–Kier alpha value is -0.610. The normalized spacial score (nSPS) is 18.2. The van der Waals surface area contributed by atoms with Crippen LogP contribution in [0, 0.1) is 5.41 Å². The molecule has 4 heteroatoms. The molecular weight excluding hydrogens is 218 g/mol. The molecule has 1 aliphatic carbocycles. The van der Waals surface area contributed by atoms with Crippen molar-refractivity contribution in [2.24, 2.45) is 5.41 Å². The maximum Gasteiger partial charge on any atom is 0.225 e. The first kappa shape index (κ1) is 14.5. The number of hydrogen-bond donors (Lipinski definition) is 1. The van der Waals surface area contributed by atoms with Gasteiger partial charge in [-0.3, -0.25) is 4.79 Å². The molecule has 0 atom stereocenters. The summed E-state index contributed by atoms with van der Waals surface area (Å²) in [5.41, 5.74) is -0.114. The van der Waals surface area contributed by atoms with Gasteiger partial charge in [-0.05, 0) is 19.3 Å². The first-order chi connectivity index (χ1) is 8.19. The van der Waals surface area contributed by atoms with Crippen LogP contribution < -0.4 is 5.32 Å². The van der Waals surface area contributed by atoms with Gasteiger partial charge >= 0.3 is 0 Å². The van der Waals surface area contributed by atoms with Gasteiger partial charge in [-0.1, -0.05) is 19.8 Å². The van der Waals surface area contributed by atoms with Crippen LogP contribution >= 0.6 is 0 Å². The Morgan fingerprint density at radius 2 is 1.94 bits per heavy atom. The molecule has 0 bridgehead atoms. The van der Waals surface area contributed by atoms with Crippen LogP contribution in [0.15, 0.2) is 0 Å². The lowest BCUT2D eigenvalue weighted by Crippen LogP contribution is -2.37. The standard InChI is InChI=1S/C13H25NO3/c1-13(6-3-4-7-13)12(15)14-8-5-9-17-11-10-16-2/h3-11H2,1-2H3,(H,14,15). The number of amides is 1. The van der Waals surface area contributed by atoms with Gasteiger partial charge in [-0.15, -0.1) is 0 Å². The van der Waals surface area contributed by atoms with Crippen molar-refractivity contribution in [2.45, 2.75) is 39.0 Å². The van der Waals surface area contributed by atoms with E-state index in [9.17, 15) is 4.79 Å². The topological polar surface area (TPSA) is 47.6 Å². The number of carbonyl (C=O) groups excluding carboxylic acids is 1. The highest BCUT2D eigenvalue weighted by Crippen LogP contribution is 2.37. The van der Waals surface area contributed by atoms with Crippen molar-refractivity contribution < 1.29 is 14.3 Å². The molecule has 100 valence electrons. The molecule has 0 aromatic heterocycles. The minimum atomic E-state index is -0.114. The first-order valence-electron chi connectivity index (χ1n) is 6.54. The summed E-state index contributed by atoms with van der Waals surface area (Å²) in [6.45, 7) is 4.72. The highest BCUT2D eigenvalue weighted by atomic mass is 16.5. The maximum atomic E-state index is 11.9. The largest absolute Gasteiger partial charge is 0.382 e. The van der Waals surface area contributed by atoms with Gasteiger partial charge < -0.3 is 14.8 Å². The summed E-state index contributed by atoms with van der Waals surface area (Å²) in [7, 11) is 1.66. The van der Waals surface area contributed by atoms with E-state index >= 15 is 0 Å². The van der Waals surface area contributed by atoms with Gasteiger partial charge in [0.2, 0.25) is 5.91 Å². The zero-order chi connectivity index (χ0) is 12.6. The Kier molecular flexibility index (Phi) is 6.52. The average Bonchev–Trinajstić information content (AvgIpc) is 2.76. The lowest BCUT2D eigenvalue weighted by Gasteiger charge is -2.22. The highest BCUT2D eigenvalue weighted by molar-refractivity contribution is 5.82. The summed E-state index contributed by atoms with van der Waals surface area (Å²) in [6.07, 6.45) is 5.30. The van der Waals surface area contributed by atoms with E-state index in [-0.39, 0.29) is 11.3 Å².